The van der Waals surface area contributed by atoms with Gasteiger partial charge in [0.2, 0.25) is 0 Å². The summed E-state index contributed by atoms with van der Waals surface area (Å²) in [4.78, 5) is 0. The topological polar surface area (TPSA) is 17.8 Å². The highest BCUT2D eigenvalue weighted by Gasteiger charge is 2.11. The van der Waals surface area contributed by atoms with Crippen LogP contribution in [0.25, 0.3) is 0 Å². The van der Waals surface area contributed by atoms with Crippen molar-refractivity contribution in [2.24, 2.45) is 13.0 Å². The Kier molecular flexibility index (Phi) is 5.46. The zero-order valence-corrected chi connectivity index (χ0v) is 13.4. The minimum absolute atomic E-state index is 0.597. The maximum absolute atomic E-state index is 6.22. The van der Waals surface area contributed by atoms with Crippen LogP contribution in [0.1, 0.15) is 17.5 Å². The monoisotopic (exact) mass is 340 g/mol. The second-order valence-corrected chi connectivity index (χ2v) is 5.93. The molecule has 19 heavy (non-hydrogen) atoms. The van der Waals surface area contributed by atoms with Crippen LogP contribution in [0, 0.1) is 5.92 Å². The summed E-state index contributed by atoms with van der Waals surface area (Å²) in [7, 11) is 1.95. The molecule has 2 aromatic rings. The third-order valence-corrected chi connectivity index (χ3v) is 4.57. The number of aryl methyl sites for hydroxylation is 2. The van der Waals surface area contributed by atoms with Crippen molar-refractivity contribution in [2.45, 2.75) is 19.3 Å². The van der Waals surface area contributed by atoms with Gasteiger partial charge in [-0.1, -0.05) is 45.7 Å². The highest BCUT2D eigenvalue weighted by Crippen LogP contribution is 2.22. The van der Waals surface area contributed by atoms with Crippen molar-refractivity contribution < 1.29 is 0 Å². The van der Waals surface area contributed by atoms with Crippen LogP contribution in [0.5, 0.6) is 0 Å². The van der Waals surface area contributed by atoms with E-state index < -0.39 is 0 Å². The molecule has 0 aliphatic rings. The first-order valence-electron chi connectivity index (χ1n) is 6.46. The lowest BCUT2D eigenvalue weighted by Crippen LogP contribution is -2.08. The molecule has 0 radical (unpaired) electrons. The van der Waals surface area contributed by atoms with E-state index in [1.54, 1.807) is 0 Å². The molecular formula is C15H18BrClN2. The molecule has 2 nitrogen and oxygen atoms in total. The van der Waals surface area contributed by atoms with Crippen molar-refractivity contribution in [3.8, 4) is 0 Å². The normalized spacial score (nSPS) is 12.6. The van der Waals surface area contributed by atoms with Crippen molar-refractivity contribution in [3.05, 3.63) is 52.8 Å². The van der Waals surface area contributed by atoms with Gasteiger partial charge < -0.3 is 0 Å². The van der Waals surface area contributed by atoms with E-state index in [1.807, 2.05) is 36.1 Å². The van der Waals surface area contributed by atoms with Crippen LogP contribution in [-0.2, 0) is 19.9 Å². The first kappa shape index (κ1) is 14.6. The van der Waals surface area contributed by atoms with Crippen LogP contribution in [0.4, 0.5) is 0 Å². The van der Waals surface area contributed by atoms with Crippen molar-refractivity contribution in [1.82, 2.24) is 9.78 Å². The van der Waals surface area contributed by atoms with Crippen LogP contribution in [0.2, 0.25) is 5.02 Å². The Bertz CT molecular complexity index is 524. The molecule has 0 fully saturated rings. The molecule has 102 valence electrons. The summed E-state index contributed by atoms with van der Waals surface area (Å²) in [6.07, 6.45) is 7.25. The Hall–Kier alpha value is -0.800. The second-order valence-electron chi connectivity index (χ2n) is 4.88. The third-order valence-electron chi connectivity index (χ3n) is 3.28. The average molecular weight is 342 g/mol. The van der Waals surface area contributed by atoms with Gasteiger partial charge in [-0.15, -0.1) is 0 Å². The SMILES string of the molecule is Cn1cc(CCC(CBr)Cc2ccccc2Cl)cn1. The lowest BCUT2D eigenvalue weighted by atomic mass is 9.95. The van der Waals surface area contributed by atoms with Crippen molar-refractivity contribution in [3.63, 3.8) is 0 Å². The fraction of sp³-hybridized carbons (Fsp3) is 0.400. The predicted octanol–water partition coefficient (Wildman–Crippen LogP) is 4.26. The summed E-state index contributed by atoms with van der Waals surface area (Å²) in [5, 5.41) is 6.07. The average Bonchev–Trinajstić information content (AvgIpc) is 2.82. The highest BCUT2D eigenvalue weighted by molar-refractivity contribution is 9.09. The number of halogens is 2. The van der Waals surface area contributed by atoms with Gasteiger partial charge in [0.15, 0.2) is 0 Å². The molecule has 1 atom stereocenters. The Morgan fingerprint density at radius 2 is 2.16 bits per heavy atom. The first-order valence-corrected chi connectivity index (χ1v) is 7.96. The van der Waals surface area contributed by atoms with E-state index in [-0.39, 0.29) is 0 Å². The lowest BCUT2D eigenvalue weighted by Gasteiger charge is -2.14. The predicted molar refractivity (Wildman–Crippen MR) is 84.0 cm³/mol. The van der Waals surface area contributed by atoms with Crippen molar-refractivity contribution in [1.29, 1.82) is 0 Å². The van der Waals surface area contributed by atoms with Gasteiger partial charge in [0.05, 0.1) is 6.20 Å². The van der Waals surface area contributed by atoms with Gasteiger partial charge in [0, 0.05) is 23.6 Å². The highest BCUT2D eigenvalue weighted by atomic mass is 79.9. The standard InChI is InChI=1S/C15H18BrClN2/c1-19-11-13(10-18-19)7-6-12(9-16)8-14-4-2-3-5-15(14)17/h2-5,10-12H,6-9H2,1H3. The lowest BCUT2D eigenvalue weighted by molar-refractivity contribution is 0.542. The Labute approximate surface area is 127 Å². The van der Waals surface area contributed by atoms with E-state index >= 15 is 0 Å². The van der Waals surface area contributed by atoms with Gasteiger partial charge in [-0.05, 0) is 42.4 Å². The molecule has 1 unspecified atom stereocenters. The fourth-order valence-electron chi connectivity index (χ4n) is 2.18. The van der Waals surface area contributed by atoms with Crippen LogP contribution >= 0.6 is 27.5 Å². The number of benzene rings is 1. The summed E-state index contributed by atoms with van der Waals surface area (Å²) in [5.74, 6) is 0.597. The number of aromatic nitrogens is 2. The Balaban J connectivity index is 1.92. The summed E-state index contributed by atoms with van der Waals surface area (Å²) >= 11 is 9.83. The molecule has 0 aliphatic carbocycles. The maximum Gasteiger partial charge on any atom is 0.0521 e. The minimum atomic E-state index is 0.597. The van der Waals surface area contributed by atoms with E-state index in [0.717, 1.165) is 29.6 Å². The number of hydrogen-bond acceptors (Lipinski definition) is 1. The zero-order chi connectivity index (χ0) is 13.7. The molecule has 1 aromatic heterocycles. The molecule has 1 aromatic carbocycles. The fourth-order valence-corrected chi connectivity index (χ4v) is 2.95. The van der Waals surface area contributed by atoms with Gasteiger partial charge in [-0.25, -0.2) is 0 Å². The van der Waals surface area contributed by atoms with Crippen molar-refractivity contribution >= 4 is 27.5 Å². The quantitative estimate of drug-likeness (QED) is 0.718. The number of nitrogens with zero attached hydrogens (tertiary/aromatic N) is 2. The van der Waals surface area contributed by atoms with E-state index in [2.05, 4.69) is 33.3 Å². The van der Waals surface area contributed by atoms with Crippen LogP contribution in [-0.4, -0.2) is 15.1 Å². The molecule has 0 saturated carbocycles. The maximum atomic E-state index is 6.22. The largest absolute Gasteiger partial charge is 0.276 e. The minimum Gasteiger partial charge on any atom is -0.276 e. The van der Waals surface area contributed by atoms with E-state index in [1.165, 1.54) is 11.1 Å². The third kappa shape index (κ3) is 4.36. The molecule has 2 rings (SSSR count). The van der Waals surface area contributed by atoms with E-state index in [9.17, 15) is 0 Å². The van der Waals surface area contributed by atoms with Gasteiger partial charge in [-0.3, -0.25) is 4.68 Å². The summed E-state index contributed by atoms with van der Waals surface area (Å²) in [5.41, 5.74) is 2.53. The molecule has 0 saturated heterocycles. The molecule has 0 bridgehead atoms. The first-order chi connectivity index (χ1) is 9.19. The van der Waals surface area contributed by atoms with E-state index in [4.69, 9.17) is 11.6 Å². The molecule has 0 aliphatic heterocycles. The van der Waals surface area contributed by atoms with Gasteiger partial charge in [-0.2, -0.15) is 5.10 Å². The van der Waals surface area contributed by atoms with E-state index in [0.29, 0.717) is 5.92 Å². The Morgan fingerprint density at radius 1 is 1.37 bits per heavy atom. The van der Waals surface area contributed by atoms with Crippen LogP contribution < -0.4 is 0 Å². The number of rotatable bonds is 6. The number of alkyl halides is 1. The summed E-state index contributed by atoms with van der Waals surface area (Å²) in [6.45, 7) is 0. The van der Waals surface area contributed by atoms with Crippen LogP contribution in [0.15, 0.2) is 36.7 Å². The zero-order valence-electron chi connectivity index (χ0n) is 11.0. The van der Waals surface area contributed by atoms with Gasteiger partial charge >= 0.3 is 0 Å². The van der Waals surface area contributed by atoms with Crippen LogP contribution in [0.3, 0.4) is 0 Å². The second kappa shape index (κ2) is 7.11. The molecule has 0 N–H and O–H groups in total. The summed E-state index contributed by atoms with van der Waals surface area (Å²) in [6, 6.07) is 8.10. The molecular weight excluding hydrogens is 324 g/mol. The smallest absolute Gasteiger partial charge is 0.0521 e. The molecule has 0 amide bonds. The van der Waals surface area contributed by atoms with Gasteiger partial charge in [0.25, 0.3) is 0 Å². The summed E-state index contributed by atoms with van der Waals surface area (Å²) < 4.78 is 1.85. The van der Waals surface area contributed by atoms with Crippen molar-refractivity contribution in [2.75, 3.05) is 5.33 Å². The molecule has 0 spiro atoms. The molecule has 4 heteroatoms. The van der Waals surface area contributed by atoms with Gasteiger partial charge in [0.1, 0.15) is 0 Å². The Morgan fingerprint density at radius 3 is 2.79 bits per heavy atom. The molecule has 1 heterocycles. The number of hydrogen-bond donors (Lipinski definition) is 0.